The van der Waals surface area contributed by atoms with Crippen LogP contribution in [0.15, 0.2) is 75.5 Å². The molecule has 0 saturated carbocycles. The van der Waals surface area contributed by atoms with Gasteiger partial charge in [-0.1, -0.05) is 66.8 Å². The first kappa shape index (κ1) is 30.0. The third-order valence-corrected chi connectivity index (χ3v) is 9.20. The molecule has 0 bridgehead atoms. The molecule has 0 fully saturated rings. The molecule has 0 radical (unpaired) electrons. The Labute approximate surface area is 258 Å². The van der Waals surface area contributed by atoms with Gasteiger partial charge in [-0.3, -0.25) is 19.3 Å². The van der Waals surface area contributed by atoms with Crippen LogP contribution >= 0.6 is 23.1 Å². The lowest BCUT2D eigenvalue weighted by Crippen LogP contribution is -2.42. The zero-order valence-electron chi connectivity index (χ0n) is 24.2. The molecule has 0 spiro atoms. The number of hydrogen-bond acceptors (Lipinski definition) is 10. The van der Waals surface area contributed by atoms with Crippen molar-refractivity contribution in [2.24, 2.45) is 11.1 Å². The number of allylic oxidation sites excluding steroid dienone is 3. The van der Waals surface area contributed by atoms with Gasteiger partial charge in [0, 0.05) is 36.0 Å². The zero-order valence-corrected chi connectivity index (χ0v) is 25.9. The number of thioether (sulfide) groups is 1. The van der Waals surface area contributed by atoms with Gasteiger partial charge in [0.15, 0.2) is 10.1 Å². The van der Waals surface area contributed by atoms with E-state index in [9.17, 15) is 19.6 Å². The first-order valence-electron chi connectivity index (χ1n) is 13.6. The van der Waals surface area contributed by atoms with E-state index in [2.05, 4.69) is 26.9 Å². The lowest BCUT2D eigenvalue weighted by Gasteiger charge is -2.42. The smallest absolute Gasteiger partial charge is 0.234 e. The Kier molecular flexibility index (Phi) is 8.39. The van der Waals surface area contributed by atoms with Crippen molar-refractivity contribution in [2.75, 3.05) is 21.3 Å². The summed E-state index contributed by atoms with van der Waals surface area (Å²) in [6.07, 6.45) is 0.934. The lowest BCUT2D eigenvalue weighted by atomic mass is 9.68. The van der Waals surface area contributed by atoms with Gasteiger partial charge in [0.05, 0.1) is 23.3 Å². The van der Waals surface area contributed by atoms with Gasteiger partial charge in [-0.2, -0.15) is 5.26 Å². The number of aryl methyl sites for hydroxylation is 1. The molecule has 2 aliphatic rings. The average molecular weight is 614 g/mol. The van der Waals surface area contributed by atoms with E-state index < -0.39 is 5.92 Å². The minimum atomic E-state index is -0.558. The molecule has 2 heterocycles. The van der Waals surface area contributed by atoms with Crippen molar-refractivity contribution in [3.63, 3.8) is 0 Å². The quantitative estimate of drug-likeness (QED) is 0.294. The number of hydrogen-bond donors (Lipinski definition) is 3. The number of amides is 2. The highest BCUT2D eigenvalue weighted by atomic mass is 32.2. The first-order chi connectivity index (χ1) is 20.5. The molecule has 12 heteroatoms. The Morgan fingerprint density at radius 1 is 1.14 bits per heavy atom. The number of carbonyl (C=O) groups excluding carboxylic acids is 3. The van der Waals surface area contributed by atoms with E-state index in [-0.39, 0.29) is 34.6 Å². The van der Waals surface area contributed by atoms with Crippen LogP contribution in [0.2, 0.25) is 0 Å². The number of rotatable bonds is 7. The number of nitrogens with two attached hydrogens (primary N) is 1. The number of ketones is 1. The topological polar surface area (TPSA) is 154 Å². The van der Waals surface area contributed by atoms with Gasteiger partial charge in [0.1, 0.15) is 5.82 Å². The average Bonchev–Trinajstić information content (AvgIpc) is 3.40. The Morgan fingerprint density at radius 3 is 2.49 bits per heavy atom. The number of aromatic nitrogens is 2. The van der Waals surface area contributed by atoms with E-state index in [0.717, 1.165) is 16.8 Å². The second kappa shape index (κ2) is 12.0. The molecule has 1 aliphatic carbocycles. The molecule has 1 aliphatic heterocycles. The van der Waals surface area contributed by atoms with Gasteiger partial charge in [0.2, 0.25) is 16.9 Å². The largest absolute Gasteiger partial charge is 0.384 e. The van der Waals surface area contributed by atoms with Crippen molar-refractivity contribution in [3.05, 3.63) is 82.3 Å². The van der Waals surface area contributed by atoms with Gasteiger partial charge in [-0.25, -0.2) is 0 Å². The van der Waals surface area contributed by atoms with E-state index in [4.69, 9.17) is 5.73 Å². The fraction of sp³-hybridized carbons (Fsp3) is 0.290. The number of nitrogens with zero attached hydrogens (tertiary/aromatic N) is 4. The lowest BCUT2D eigenvalue weighted by molar-refractivity contribution is -0.118. The fourth-order valence-corrected chi connectivity index (χ4v) is 7.11. The third kappa shape index (κ3) is 6.48. The Hall–Kier alpha value is -4.47. The van der Waals surface area contributed by atoms with Crippen molar-refractivity contribution in [2.45, 2.75) is 50.8 Å². The number of nitrogens with one attached hydrogen (secondary N) is 2. The molecule has 43 heavy (non-hydrogen) atoms. The second-order valence-corrected chi connectivity index (χ2v) is 13.5. The molecule has 4 N–H and O–H groups in total. The molecule has 3 aromatic rings. The Balaban J connectivity index is 1.39. The SMILES string of the molecule is CC(=O)Nc1ccc(NC(=O)CSc2nnc(N3C(N)=C(C#N)C(c4cccc(C)c4)C4=C3CC(C)(C)CC4=O)s2)cc1. The molecule has 1 aromatic heterocycles. The maximum atomic E-state index is 13.7. The van der Waals surface area contributed by atoms with Crippen molar-refractivity contribution in [3.8, 4) is 6.07 Å². The summed E-state index contributed by atoms with van der Waals surface area (Å²) in [5.74, 6) is -0.657. The molecule has 2 aromatic carbocycles. The minimum Gasteiger partial charge on any atom is -0.384 e. The normalized spacial score (nSPS) is 17.8. The van der Waals surface area contributed by atoms with Gasteiger partial charge < -0.3 is 16.4 Å². The first-order valence-corrected chi connectivity index (χ1v) is 15.4. The summed E-state index contributed by atoms with van der Waals surface area (Å²) in [6, 6.07) is 16.9. The molecule has 220 valence electrons. The van der Waals surface area contributed by atoms with E-state index in [0.29, 0.717) is 44.8 Å². The van der Waals surface area contributed by atoms with Crippen molar-refractivity contribution in [1.82, 2.24) is 10.2 Å². The highest BCUT2D eigenvalue weighted by molar-refractivity contribution is 8.01. The predicted octanol–water partition coefficient (Wildman–Crippen LogP) is 5.48. The molecule has 5 rings (SSSR count). The van der Waals surface area contributed by atoms with Crippen LogP contribution < -0.4 is 21.3 Å². The summed E-state index contributed by atoms with van der Waals surface area (Å²) in [5, 5.41) is 24.9. The van der Waals surface area contributed by atoms with Crippen LogP contribution in [-0.4, -0.2) is 33.5 Å². The van der Waals surface area contributed by atoms with E-state index in [1.54, 1.807) is 29.2 Å². The third-order valence-electron chi connectivity index (χ3n) is 7.16. The Bertz CT molecular complexity index is 1720. The molecule has 10 nitrogen and oxygen atoms in total. The van der Waals surface area contributed by atoms with Crippen molar-refractivity contribution >= 4 is 57.2 Å². The molecule has 1 atom stereocenters. The molecule has 0 saturated heterocycles. The monoisotopic (exact) mass is 613 g/mol. The number of carbonyl (C=O) groups is 3. The van der Waals surface area contributed by atoms with Crippen molar-refractivity contribution < 1.29 is 14.4 Å². The minimum absolute atomic E-state index is 0.0103. The van der Waals surface area contributed by atoms with Gasteiger partial charge in [0.25, 0.3) is 0 Å². The molecule has 2 amide bonds. The van der Waals surface area contributed by atoms with Crippen molar-refractivity contribution in [1.29, 1.82) is 5.26 Å². The molecular formula is C31H31N7O3S2. The van der Waals surface area contributed by atoms with Gasteiger partial charge in [-0.15, -0.1) is 10.2 Å². The number of Topliss-reactive ketones (excluding diaryl/α,β-unsaturated/α-hetero) is 1. The number of benzene rings is 2. The van der Waals surface area contributed by atoms with E-state index in [1.165, 1.54) is 30.0 Å². The van der Waals surface area contributed by atoms with E-state index in [1.807, 2.05) is 45.0 Å². The predicted molar refractivity (Wildman–Crippen MR) is 168 cm³/mol. The summed E-state index contributed by atoms with van der Waals surface area (Å²) in [7, 11) is 0. The number of nitriles is 1. The summed E-state index contributed by atoms with van der Waals surface area (Å²) in [4.78, 5) is 39.2. The van der Waals surface area contributed by atoms with Gasteiger partial charge >= 0.3 is 0 Å². The molecular weight excluding hydrogens is 583 g/mol. The maximum Gasteiger partial charge on any atom is 0.234 e. The van der Waals surface area contributed by atoms with E-state index >= 15 is 0 Å². The van der Waals surface area contributed by atoms with Crippen LogP contribution in [0, 0.1) is 23.7 Å². The second-order valence-electron chi connectivity index (χ2n) is 11.3. The standard InChI is InChI=1S/C31H31N7O3S2/c1-17-6-5-7-19(12-17)26-22(15-32)28(33)38(23-13-31(3,4)14-24(40)27(23)26)29-36-37-30(43-29)42-16-25(41)35-21-10-8-20(9-11-21)34-18(2)39/h5-12,26H,13-14,16,33H2,1-4H3,(H,34,39)(H,35,41). The summed E-state index contributed by atoms with van der Waals surface area (Å²) in [5.41, 5.74) is 11.1. The van der Waals surface area contributed by atoms with Crippen LogP contribution in [0.1, 0.15) is 50.7 Å². The summed E-state index contributed by atoms with van der Waals surface area (Å²) in [6.45, 7) is 7.49. The van der Waals surface area contributed by atoms with Crippen LogP contribution in [0.25, 0.3) is 0 Å². The van der Waals surface area contributed by atoms with Crippen LogP contribution in [0.3, 0.4) is 0 Å². The fourth-order valence-electron chi connectivity index (χ4n) is 5.43. The van der Waals surface area contributed by atoms with Crippen LogP contribution in [0.4, 0.5) is 16.5 Å². The zero-order chi connectivity index (χ0) is 30.9. The highest BCUT2D eigenvalue weighted by Gasteiger charge is 2.45. The number of anilines is 3. The Morgan fingerprint density at radius 2 is 1.84 bits per heavy atom. The summed E-state index contributed by atoms with van der Waals surface area (Å²) >= 11 is 2.47. The van der Waals surface area contributed by atoms with Crippen LogP contribution in [-0.2, 0) is 14.4 Å². The van der Waals surface area contributed by atoms with Gasteiger partial charge in [-0.05, 0) is 48.6 Å². The maximum absolute atomic E-state index is 13.7. The summed E-state index contributed by atoms with van der Waals surface area (Å²) < 4.78 is 0.543. The van der Waals surface area contributed by atoms with Crippen LogP contribution in [0.5, 0.6) is 0 Å². The highest BCUT2D eigenvalue weighted by Crippen LogP contribution is 2.50. The molecule has 1 unspecified atom stereocenters.